The molecule has 0 spiro atoms. The normalized spacial score (nSPS) is 15.2. The second-order valence-corrected chi connectivity index (χ2v) is 11.7. The molecule has 1 atom stereocenters. The van der Waals surface area contributed by atoms with Crippen LogP contribution in [0, 0.1) is 13.8 Å². The van der Waals surface area contributed by atoms with Gasteiger partial charge in [0.15, 0.2) is 15.9 Å². The number of unbranched alkanes of at least 4 members (excludes halogenated alkanes) is 1. The van der Waals surface area contributed by atoms with Crippen LogP contribution in [0.4, 0.5) is 5.13 Å². The Labute approximate surface area is 240 Å². The average molecular weight is 576 g/mol. The SMILES string of the molecule is CCCCOc1cccc(C2C(C(=O)c3ccc(C)o3)=C(O)C(=O)N2c2nnc(SCc3ccc(C)cc3)s2)c1. The molecule has 2 aromatic carbocycles. The van der Waals surface area contributed by atoms with Gasteiger partial charge in [-0.05, 0) is 55.7 Å². The maximum atomic E-state index is 13.6. The Bertz CT molecular complexity index is 1560. The zero-order valence-corrected chi connectivity index (χ0v) is 24.1. The van der Waals surface area contributed by atoms with Gasteiger partial charge in [-0.25, -0.2) is 0 Å². The third-order valence-corrected chi connectivity index (χ3v) is 8.57. The first-order valence-electron chi connectivity index (χ1n) is 13.0. The fourth-order valence-corrected chi connectivity index (χ4v) is 6.16. The summed E-state index contributed by atoms with van der Waals surface area (Å²) in [5.41, 5.74) is 2.85. The number of aromatic nitrogens is 2. The third-order valence-electron chi connectivity index (χ3n) is 6.44. The van der Waals surface area contributed by atoms with Crippen LogP contribution in [0.3, 0.4) is 0 Å². The van der Waals surface area contributed by atoms with E-state index >= 15 is 0 Å². The van der Waals surface area contributed by atoms with Crippen LogP contribution in [0.25, 0.3) is 0 Å². The Morgan fingerprint density at radius 2 is 1.93 bits per heavy atom. The van der Waals surface area contributed by atoms with E-state index in [0.717, 1.165) is 18.4 Å². The van der Waals surface area contributed by atoms with Gasteiger partial charge in [0, 0.05) is 5.75 Å². The number of ether oxygens (including phenoxy) is 1. The number of carbonyl (C=O) groups excluding carboxylic acids is 2. The van der Waals surface area contributed by atoms with E-state index in [9.17, 15) is 14.7 Å². The predicted molar refractivity (Wildman–Crippen MR) is 155 cm³/mol. The van der Waals surface area contributed by atoms with Crippen LogP contribution in [0.2, 0.25) is 0 Å². The lowest BCUT2D eigenvalue weighted by atomic mass is 9.95. The molecule has 0 saturated carbocycles. The minimum atomic E-state index is -0.942. The third kappa shape index (κ3) is 5.83. The zero-order chi connectivity index (χ0) is 28.2. The van der Waals surface area contributed by atoms with Gasteiger partial charge in [-0.3, -0.25) is 14.5 Å². The Morgan fingerprint density at radius 3 is 2.65 bits per heavy atom. The molecule has 1 aliphatic rings. The summed E-state index contributed by atoms with van der Waals surface area (Å²) in [6.45, 7) is 6.39. The van der Waals surface area contributed by atoms with Crippen molar-refractivity contribution >= 4 is 39.9 Å². The minimum absolute atomic E-state index is 0.0423. The van der Waals surface area contributed by atoms with Crippen LogP contribution >= 0.6 is 23.1 Å². The summed E-state index contributed by atoms with van der Waals surface area (Å²) in [4.78, 5) is 28.4. The van der Waals surface area contributed by atoms with Crippen molar-refractivity contribution in [2.24, 2.45) is 0 Å². The smallest absolute Gasteiger partial charge is 0.296 e. The number of amides is 1. The summed E-state index contributed by atoms with van der Waals surface area (Å²) in [7, 11) is 0. The van der Waals surface area contributed by atoms with Gasteiger partial charge >= 0.3 is 0 Å². The van der Waals surface area contributed by atoms with Crippen molar-refractivity contribution in [1.29, 1.82) is 0 Å². The number of hydrogen-bond donors (Lipinski definition) is 1. The molecule has 0 saturated heterocycles. The molecule has 206 valence electrons. The van der Waals surface area contributed by atoms with Crippen LogP contribution < -0.4 is 9.64 Å². The molecule has 3 heterocycles. The first-order chi connectivity index (χ1) is 19.4. The molecule has 2 aromatic heterocycles. The number of hydrogen-bond acceptors (Lipinski definition) is 9. The highest BCUT2D eigenvalue weighted by atomic mass is 32.2. The molecule has 4 aromatic rings. The lowest BCUT2D eigenvalue weighted by Crippen LogP contribution is -2.31. The van der Waals surface area contributed by atoms with Gasteiger partial charge in [-0.1, -0.05) is 78.4 Å². The molecule has 40 heavy (non-hydrogen) atoms. The second-order valence-electron chi connectivity index (χ2n) is 9.48. The number of furan rings is 1. The Hall–Kier alpha value is -3.89. The first kappa shape index (κ1) is 27.7. The van der Waals surface area contributed by atoms with Crippen LogP contribution in [0.1, 0.15) is 58.8 Å². The summed E-state index contributed by atoms with van der Waals surface area (Å²) < 4.78 is 12.1. The molecule has 0 radical (unpaired) electrons. The number of anilines is 1. The fourth-order valence-electron chi connectivity index (χ4n) is 4.34. The number of ketones is 1. The van der Waals surface area contributed by atoms with Gasteiger partial charge in [0.25, 0.3) is 5.91 Å². The van der Waals surface area contributed by atoms with Crippen molar-refractivity contribution in [3.63, 3.8) is 0 Å². The number of rotatable bonds is 11. The molecule has 10 heteroatoms. The molecule has 1 unspecified atom stereocenters. The van der Waals surface area contributed by atoms with E-state index < -0.39 is 23.5 Å². The lowest BCUT2D eigenvalue weighted by Gasteiger charge is -2.24. The number of aliphatic hydroxyl groups is 1. The number of benzene rings is 2. The highest BCUT2D eigenvalue weighted by molar-refractivity contribution is 8.00. The summed E-state index contributed by atoms with van der Waals surface area (Å²) >= 11 is 2.74. The predicted octanol–water partition coefficient (Wildman–Crippen LogP) is 7.00. The topological polar surface area (TPSA) is 106 Å². The molecule has 1 amide bonds. The summed E-state index contributed by atoms with van der Waals surface area (Å²) in [6.07, 6.45) is 1.89. The van der Waals surface area contributed by atoms with Gasteiger partial charge in [0.2, 0.25) is 10.9 Å². The molecule has 8 nitrogen and oxygen atoms in total. The van der Waals surface area contributed by atoms with Crippen molar-refractivity contribution < 1.29 is 23.8 Å². The zero-order valence-electron chi connectivity index (χ0n) is 22.4. The number of nitrogens with zero attached hydrogens (tertiary/aromatic N) is 3. The second kappa shape index (κ2) is 12.1. The van der Waals surface area contributed by atoms with Crippen molar-refractivity contribution in [3.8, 4) is 5.75 Å². The van der Waals surface area contributed by atoms with Gasteiger partial charge in [-0.2, -0.15) is 0 Å². The molecule has 1 aliphatic heterocycles. The number of Topliss-reactive ketones (excluding diaryl/α,β-unsaturated/α-hetero) is 1. The Morgan fingerprint density at radius 1 is 1.12 bits per heavy atom. The quantitative estimate of drug-likeness (QED) is 0.0882. The van der Waals surface area contributed by atoms with E-state index in [0.29, 0.717) is 33.8 Å². The largest absolute Gasteiger partial charge is 0.503 e. The van der Waals surface area contributed by atoms with Gasteiger partial charge in [-0.15, -0.1) is 10.2 Å². The van der Waals surface area contributed by atoms with E-state index in [-0.39, 0.29) is 16.5 Å². The van der Waals surface area contributed by atoms with E-state index in [4.69, 9.17) is 9.15 Å². The van der Waals surface area contributed by atoms with Gasteiger partial charge < -0.3 is 14.3 Å². The summed E-state index contributed by atoms with van der Waals surface area (Å²) in [5, 5.41) is 19.9. The molecule has 5 rings (SSSR count). The van der Waals surface area contributed by atoms with Crippen molar-refractivity contribution in [2.45, 2.75) is 49.7 Å². The maximum Gasteiger partial charge on any atom is 0.296 e. The molecule has 0 bridgehead atoms. The minimum Gasteiger partial charge on any atom is -0.503 e. The van der Waals surface area contributed by atoms with Crippen LogP contribution in [-0.4, -0.2) is 33.6 Å². The molecular formula is C30H29N3O5S2. The van der Waals surface area contributed by atoms with E-state index in [2.05, 4.69) is 41.4 Å². The fraction of sp³-hybridized carbons (Fsp3) is 0.267. The maximum absolute atomic E-state index is 13.6. The van der Waals surface area contributed by atoms with Crippen LogP contribution in [0.5, 0.6) is 5.75 Å². The average Bonchev–Trinajstić information content (AvgIpc) is 3.67. The summed E-state index contributed by atoms with van der Waals surface area (Å²) in [5.74, 6) is -0.0357. The standard InChI is InChI=1S/C30H29N3O5S2/c1-4-5-15-37-22-8-6-7-21(16-22)25-24(26(34)23-14-11-19(3)38-23)27(35)28(36)33(25)29-31-32-30(40-29)39-17-20-12-9-18(2)10-13-20/h6-14,16,25,35H,4-5,15,17H2,1-3H3. The number of aryl methyl sites for hydroxylation is 2. The van der Waals surface area contributed by atoms with E-state index in [1.165, 1.54) is 39.6 Å². The van der Waals surface area contributed by atoms with Crippen molar-refractivity contribution in [2.75, 3.05) is 11.5 Å². The van der Waals surface area contributed by atoms with Crippen LogP contribution in [-0.2, 0) is 10.5 Å². The molecular weight excluding hydrogens is 546 g/mol. The molecule has 0 fully saturated rings. The lowest BCUT2D eigenvalue weighted by molar-refractivity contribution is -0.117. The summed E-state index contributed by atoms with van der Waals surface area (Å²) in [6, 6.07) is 17.7. The molecule has 1 N–H and O–H groups in total. The number of thioether (sulfide) groups is 1. The van der Waals surface area contributed by atoms with Crippen molar-refractivity contribution in [1.82, 2.24) is 10.2 Å². The Kier molecular flexibility index (Phi) is 8.37. The first-order valence-corrected chi connectivity index (χ1v) is 14.8. The van der Waals surface area contributed by atoms with Crippen LogP contribution in [0.15, 0.2) is 80.8 Å². The van der Waals surface area contributed by atoms with Gasteiger partial charge in [0.1, 0.15) is 11.5 Å². The van der Waals surface area contributed by atoms with E-state index in [1.54, 1.807) is 31.2 Å². The van der Waals surface area contributed by atoms with E-state index in [1.807, 2.05) is 13.0 Å². The monoisotopic (exact) mass is 575 g/mol. The highest BCUT2D eigenvalue weighted by Gasteiger charge is 2.46. The number of carbonyl (C=O) groups is 2. The number of aliphatic hydroxyl groups excluding tert-OH is 1. The van der Waals surface area contributed by atoms with Gasteiger partial charge in [0.05, 0.1) is 18.2 Å². The van der Waals surface area contributed by atoms with Crippen molar-refractivity contribution in [3.05, 3.63) is 100 Å². The highest BCUT2D eigenvalue weighted by Crippen LogP contribution is 2.44. The molecule has 0 aliphatic carbocycles. The Balaban J connectivity index is 1.48.